The summed E-state index contributed by atoms with van der Waals surface area (Å²) in [4.78, 5) is 29.7. The first-order chi connectivity index (χ1) is 15.6. The second-order valence-corrected chi connectivity index (χ2v) is 7.50. The topological polar surface area (TPSA) is 113 Å². The maximum atomic E-state index is 13.2. The molecule has 1 fully saturated rings. The van der Waals surface area contributed by atoms with Gasteiger partial charge in [0.15, 0.2) is 0 Å². The van der Waals surface area contributed by atoms with Gasteiger partial charge in [-0.2, -0.15) is 9.89 Å². The number of halogens is 1. The van der Waals surface area contributed by atoms with Gasteiger partial charge in [0.25, 0.3) is 5.91 Å². The van der Waals surface area contributed by atoms with Gasteiger partial charge in [0.05, 0.1) is 36.2 Å². The van der Waals surface area contributed by atoms with Crippen molar-refractivity contribution in [2.45, 2.75) is 12.5 Å². The largest absolute Gasteiger partial charge is 0.350 e. The minimum Gasteiger partial charge on any atom is -0.350 e. The van der Waals surface area contributed by atoms with Crippen molar-refractivity contribution >= 4 is 11.8 Å². The van der Waals surface area contributed by atoms with E-state index in [-0.39, 0.29) is 23.7 Å². The predicted octanol–water partition coefficient (Wildman–Crippen LogP) is 0.688. The Hall–Kier alpha value is -3.79. The number of amides is 2. The van der Waals surface area contributed by atoms with E-state index in [2.05, 4.69) is 31.5 Å². The van der Waals surface area contributed by atoms with Crippen LogP contribution in [0.2, 0.25) is 0 Å². The van der Waals surface area contributed by atoms with Crippen LogP contribution in [0.15, 0.2) is 55.0 Å². The first kappa shape index (κ1) is 21.4. The summed E-state index contributed by atoms with van der Waals surface area (Å²) in [5.41, 5.74) is 5.96. The Morgan fingerprint density at radius 2 is 2.16 bits per heavy atom. The number of hydrogen-bond donors (Lipinski definition) is 4. The molecule has 3 heterocycles. The molecular formula is C22H24FN7O2. The van der Waals surface area contributed by atoms with Gasteiger partial charge in [-0.15, -0.1) is 0 Å². The first-order valence-corrected chi connectivity index (χ1v) is 10.3. The van der Waals surface area contributed by atoms with Crippen LogP contribution in [0, 0.1) is 5.82 Å². The highest BCUT2D eigenvalue weighted by Gasteiger charge is 2.18. The molecule has 0 saturated carbocycles. The fourth-order valence-corrected chi connectivity index (χ4v) is 3.38. The van der Waals surface area contributed by atoms with E-state index in [0.717, 1.165) is 11.1 Å². The van der Waals surface area contributed by atoms with Crippen LogP contribution in [0.25, 0.3) is 11.3 Å². The molecule has 9 nitrogen and oxygen atoms in total. The van der Waals surface area contributed by atoms with Crippen LogP contribution in [-0.2, 0) is 11.2 Å². The van der Waals surface area contributed by atoms with Gasteiger partial charge in [0.1, 0.15) is 5.82 Å². The van der Waals surface area contributed by atoms with Crippen molar-refractivity contribution in [3.05, 3.63) is 71.9 Å². The van der Waals surface area contributed by atoms with Gasteiger partial charge >= 0.3 is 0 Å². The van der Waals surface area contributed by atoms with Crippen LogP contribution in [0.4, 0.5) is 4.39 Å². The summed E-state index contributed by atoms with van der Waals surface area (Å²) in [6.07, 6.45) is 5.65. The van der Waals surface area contributed by atoms with E-state index in [0.29, 0.717) is 43.9 Å². The van der Waals surface area contributed by atoms with Crippen molar-refractivity contribution in [1.82, 2.24) is 30.8 Å². The standard InChI is InChI=1S/C22H24FN7O2/c23-18-3-1-2-15(8-18)6-7-27-30-14-17(10-28-30)20-5-4-16(9-25-20)22(32)26-12-19-11-24-13-21(31)29-19/h1-5,8-10,14,19,24,27H,6-7,11-13H2,(H,26,32)(H,29,31). The lowest BCUT2D eigenvalue weighted by molar-refractivity contribution is -0.122. The highest BCUT2D eigenvalue weighted by molar-refractivity contribution is 5.94. The number of benzene rings is 1. The van der Waals surface area contributed by atoms with Gasteiger partial charge in [-0.3, -0.25) is 14.6 Å². The molecule has 0 radical (unpaired) electrons. The van der Waals surface area contributed by atoms with E-state index >= 15 is 0 Å². The number of nitrogens with zero attached hydrogens (tertiary/aromatic N) is 3. The zero-order valence-corrected chi connectivity index (χ0v) is 17.3. The maximum Gasteiger partial charge on any atom is 0.252 e. The van der Waals surface area contributed by atoms with Crippen molar-refractivity contribution in [1.29, 1.82) is 0 Å². The molecule has 4 N–H and O–H groups in total. The lowest BCUT2D eigenvalue weighted by Gasteiger charge is -2.24. The van der Waals surface area contributed by atoms with Gasteiger partial charge < -0.3 is 21.4 Å². The molecule has 3 aromatic rings. The second-order valence-electron chi connectivity index (χ2n) is 7.50. The molecule has 1 atom stereocenters. The minimum absolute atomic E-state index is 0.0782. The number of pyridine rings is 1. The number of hydrogen-bond acceptors (Lipinski definition) is 6. The molecule has 10 heteroatoms. The lowest BCUT2D eigenvalue weighted by Crippen LogP contribution is -2.56. The molecule has 1 aromatic carbocycles. The average Bonchev–Trinajstić information content (AvgIpc) is 3.27. The summed E-state index contributed by atoms with van der Waals surface area (Å²) < 4.78 is 13.2. The zero-order chi connectivity index (χ0) is 22.3. The molecule has 1 unspecified atom stereocenters. The molecule has 4 rings (SSSR count). The average molecular weight is 437 g/mol. The summed E-state index contributed by atoms with van der Waals surface area (Å²) in [5.74, 6) is -0.575. The van der Waals surface area contributed by atoms with Crippen molar-refractivity contribution in [2.24, 2.45) is 0 Å². The fraction of sp³-hybridized carbons (Fsp3) is 0.273. The Labute approximate surface area is 184 Å². The number of nitrogens with one attached hydrogen (secondary N) is 4. The quantitative estimate of drug-likeness (QED) is 0.413. The van der Waals surface area contributed by atoms with E-state index in [9.17, 15) is 14.0 Å². The predicted molar refractivity (Wildman–Crippen MR) is 117 cm³/mol. The van der Waals surface area contributed by atoms with Gasteiger partial charge in [-0.1, -0.05) is 12.1 Å². The van der Waals surface area contributed by atoms with Crippen LogP contribution in [0.5, 0.6) is 0 Å². The minimum atomic E-state index is -0.251. The smallest absolute Gasteiger partial charge is 0.252 e. The van der Waals surface area contributed by atoms with E-state index < -0.39 is 0 Å². The number of rotatable bonds is 8. The third-order valence-corrected chi connectivity index (χ3v) is 5.03. The molecule has 2 amide bonds. The molecule has 0 aliphatic carbocycles. The first-order valence-electron chi connectivity index (χ1n) is 10.3. The highest BCUT2D eigenvalue weighted by atomic mass is 19.1. The fourth-order valence-electron chi connectivity index (χ4n) is 3.38. The van der Waals surface area contributed by atoms with Crippen molar-refractivity contribution < 1.29 is 14.0 Å². The summed E-state index contributed by atoms with van der Waals surface area (Å²) in [6.45, 7) is 1.85. The summed E-state index contributed by atoms with van der Waals surface area (Å²) in [5, 5.41) is 12.9. The number of piperazine rings is 1. The van der Waals surface area contributed by atoms with Crippen LogP contribution in [0.3, 0.4) is 0 Å². The molecule has 32 heavy (non-hydrogen) atoms. The SMILES string of the molecule is O=C1CNCC(CNC(=O)c2ccc(-c3cnn(NCCc4cccc(F)c4)c3)nc2)N1. The Kier molecular flexibility index (Phi) is 6.71. The molecular weight excluding hydrogens is 413 g/mol. The molecule has 0 spiro atoms. The molecule has 1 saturated heterocycles. The Balaban J connectivity index is 1.27. The van der Waals surface area contributed by atoms with E-state index in [4.69, 9.17) is 0 Å². The third-order valence-electron chi connectivity index (χ3n) is 5.03. The van der Waals surface area contributed by atoms with Crippen molar-refractivity contribution in [2.75, 3.05) is 31.6 Å². The molecule has 0 bridgehead atoms. The molecule has 1 aliphatic heterocycles. The van der Waals surface area contributed by atoms with Crippen molar-refractivity contribution in [3.8, 4) is 11.3 Å². The number of aromatic nitrogens is 3. The monoisotopic (exact) mass is 437 g/mol. The number of carbonyl (C=O) groups excluding carboxylic acids is 2. The van der Waals surface area contributed by atoms with Gasteiger partial charge in [-0.25, -0.2) is 4.39 Å². The van der Waals surface area contributed by atoms with Crippen LogP contribution >= 0.6 is 0 Å². The van der Waals surface area contributed by atoms with Crippen molar-refractivity contribution in [3.63, 3.8) is 0 Å². The maximum absolute atomic E-state index is 13.2. The normalized spacial score (nSPS) is 15.8. The van der Waals surface area contributed by atoms with E-state index in [1.165, 1.54) is 18.3 Å². The van der Waals surface area contributed by atoms with Crippen LogP contribution < -0.4 is 21.4 Å². The third kappa shape index (κ3) is 5.67. The van der Waals surface area contributed by atoms with E-state index in [1.54, 1.807) is 35.4 Å². The van der Waals surface area contributed by atoms with Gasteiger partial charge in [-0.05, 0) is 36.2 Å². The Morgan fingerprint density at radius 1 is 1.25 bits per heavy atom. The summed E-state index contributed by atoms with van der Waals surface area (Å²) >= 11 is 0. The Morgan fingerprint density at radius 3 is 2.94 bits per heavy atom. The highest BCUT2D eigenvalue weighted by Crippen LogP contribution is 2.15. The van der Waals surface area contributed by atoms with Crippen LogP contribution in [-0.4, -0.2) is 58.9 Å². The molecule has 166 valence electrons. The Bertz CT molecular complexity index is 1080. The summed E-state index contributed by atoms with van der Waals surface area (Å²) in [7, 11) is 0. The van der Waals surface area contributed by atoms with Crippen LogP contribution in [0.1, 0.15) is 15.9 Å². The van der Waals surface area contributed by atoms with Gasteiger partial charge in [0.2, 0.25) is 5.91 Å². The second kappa shape index (κ2) is 10.0. The summed E-state index contributed by atoms with van der Waals surface area (Å²) in [6, 6.07) is 9.83. The molecule has 2 aromatic heterocycles. The van der Waals surface area contributed by atoms with E-state index in [1.807, 2.05) is 6.07 Å². The number of carbonyl (C=O) groups is 2. The lowest BCUT2D eigenvalue weighted by atomic mass is 10.1. The zero-order valence-electron chi connectivity index (χ0n) is 17.3. The van der Waals surface area contributed by atoms with Gasteiger partial charge in [0, 0.05) is 31.4 Å². The molecule has 1 aliphatic rings.